The molecule has 0 radical (unpaired) electrons. The molecular weight excluding hydrogens is 407 g/mol. The molecule has 0 aliphatic rings. The lowest BCUT2D eigenvalue weighted by molar-refractivity contribution is -0.117. The Kier molecular flexibility index (Phi) is 5.97. The summed E-state index contributed by atoms with van der Waals surface area (Å²) in [7, 11) is 0. The highest BCUT2D eigenvalue weighted by atomic mass is 35.5. The first-order chi connectivity index (χ1) is 13.7. The molecule has 154 valence electrons. The largest absolute Gasteiger partial charge is 0.321 e. The number of hydrogen-bond donors (Lipinski definition) is 1. The van der Waals surface area contributed by atoms with Crippen LogP contribution in [0, 0.1) is 26.6 Å². The lowest BCUT2D eigenvalue weighted by atomic mass is 10.2. The van der Waals surface area contributed by atoms with Crippen molar-refractivity contribution in [2.75, 3.05) is 5.32 Å². The van der Waals surface area contributed by atoms with Gasteiger partial charge < -0.3 is 5.32 Å². The monoisotopic (exact) mass is 425 g/mol. The van der Waals surface area contributed by atoms with E-state index in [-0.39, 0.29) is 17.3 Å². The van der Waals surface area contributed by atoms with Gasteiger partial charge in [-0.15, -0.1) is 0 Å². The number of carbonyl (C=O) groups excluding carboxylic acids is 1. The molecule has 6 nitrogen and oxygen atoms in total. The van der Waals surface area contributed by atoms with Crippen molar-refractivity contribution in [3.05, 3.63) is 63.4 Å². The number of aryl methyl sites for hydroxylation is 2. The van der Waals surface area contributed by atoms with Gasteiger partial charge in [-0.3, -0.25) is 14.2 Å². The van der Waals surface area contributed by atoms with Crippen LogP contribution in [0.2, 0.25) is 5.02 Å². The minimum absolute atomic E-state index is 0.202. The Balaban J connectivity index is 1.75. The van der Waals surface area contributed by atoms with Crippen LogP contribution in [-0.2, 0) is 17.9 Å². The number of amides is 1. The van der Waals surface area contributed by atoms with Crippen molar-refractivity contribution < 1.29 is 18.0 Å². The first-order valence-electron chi connectivity index (χ1n) is 8.76. The van der Waals surface area contributed by atoms with E-state index in [0.29, 0.717) is 34.9 Å². The predicted molar refractivity (Wildman–Crippen MR) is 103 cm³/mol. The molecule has 3 aromatic rings. The highest BCUT2D eigenvalue weighted by Crippen LogP contribution is 2.24. The van der Waals surface area contributed by atoms with Gasteiger partial charge in [-0.2, -0.15) is 10.2 Å². The van der Waals surface area contributed by atoms with E-state index < -0.39 is 18.1 Å². The van der Waals surface area contributed by atoms with E-state index in [4.69, 9.17) is 11.6 Å². The molecule has 0 aliphatic carbocycles. The predicted octanol–water partition coefficient (Wildman–Crippen LogP) is 4.42. The quantitative estimate of drug-likeness (QED) is 0.635. The third-order valence-electron chi connectivity index (χ3n) is 4.50. The summed E-state index contributed by atoms with van der Waals surface area (Å²) in [5.41, 5.74) is 2.56. The van der Waals surface area contributed by atoms with E-state index >= 15 is 0 Å². The maximum atomic E-state index is 13.2. The average molecular weight is 426 g/mol. The van der Waals surface area contributed by atoms with Gasteiger partial charge in [0.1, 0.15) is 18.1 Å². The molecule has 3 rings (SSSR count). The van der Waals surface area contributed by atoms with Crippen LogP contribution in [-0.4, -0.2) is 25.5 Å². The summed E-state index contributed by atoms with van der Waals surface area (Å²) in [4.78, 5) is 12.4. The number of anilines is 1. The van der Waals surface area contributed by atoms with E-state index in [1.165, 1.54) is 22.9 Å². The van der Waals surface area contributed by atoms with Gasteiger partial charge in [0.25, 0.3) is 6.43 Å². The molecule has 0 unspecified atom stereocenters. The Morgan fingerprint density at radius 1 is 1.17 bits per heavy atom. The van der Waals surface area contributed by atoms with Gasteiger partial charge in [0.2, 0.25) is 5.91 Å². The SMILES string of the molecule is Cc1nn(Cc2ccc(F)cc2Cl)c(C)c1NC(=O)Cn1nc(C(F)F)cc1C. The highest BCUT2D eigenvalue weighted by molar-refractivity contribution is 6.31. The molecule has 2 heterocycles. The van der Waals surface area contributed by atoms with Gasteiger partial charge in [0.05, 0.1) is 23.6 Å². The van der Waals surface area contributed by atoms with Crippen LogP contribution >= 0.6 is 11.6 Å². The van der Waals surface area contributed by atoms with Crippen molar-refractivity contribution in [3.8, 4) is 0 Å². The molecular formula is C19H19ClF3N5O. The zero-order chi connectivity index (χ0) is 21.3. The number of carbonyl (C=O) groups is 1. The van der Waals surface area contributed by atoms with Crippen molar-refractivity contribution in [1.29, 1.82) is 0 Å². The van der Waals surface area contributed by atoms with E-state index in [1.54, 1.807) is 31.5 Å². The van der Waals surface area contributed by atoms with Crippen LogP contribution < -0.4 is 5.32 Å². The fraction of sp³-hybridized carbons (Fsp3) is 0.316. The van der Waals surface area contributed by atoms with Crippen LogP contribution in [0.15, 0.2) is 24.3 Å². The second-order valence-electron chi connectivity index (χ2n) is 6.66. The summed E-state index contributed by atoms with van der Waals surface area (Å²) in [6.45, 7) is 5.22. The minimum Gasteiger partial charge on any atom is -0.321 e. The minimum atomic E-state index is -2.70. The Morgan fingerprint density at radius 2 is 1.90 bits per heavy atom. The molecule has 0 saturated carbocycles. The average Bonchev–Trinajstić information content (AvgIpc) is 3.12. The number of rotatable bonds is 6. The molecule has 0 aliphatic heterocycles. The zero-order valence-electron chi connectivity index (χ0n) is 16.0. The van der Waals surface area contributed by atoms with E-state index in [2.05, 4.69) is 15.5 Å². The number of hydrogen-bond acceptors (Lipinski definition) is 3. The number of nitrogens with one attached hydrogen (secondary N) is 1. The van der Waals surface area contributed by atoms with Crippen molar-refractivity contribution in [3.63, 3.8) is 0 Å². The molecule has 1 amide bonds. The zero-order valence-corrected chi connectivity index (χ0v) is 16.8. The van der Waals surface area contributed by atoms with Crippen molar-refractivity contribution in [2.24, 2.45) is 0 Å². The van der Waals surface area contributed by atoms with Crippen LogP contribution in [0.3, 0.4) is 0 Å². The number of nitrogens with zero attached hydrogens (tertiary/aromatic N) is 4. The Bertz CT molecular complexity index is 1060. The Hall–Kier alpha value is -2.81. The van der Waals surface area contributed by atoms with Crippen LogP contribution in [0.4, 0.5) is 18.9 Å². The molecule has 1 aromatic carbocycles. The van der Waals surface area contributed by atoms with Gasteiger partial charge in [-0.05, 0) is 44.5 Å². The summed E-state index contributed by atoms with van der Waals surface area (Å²) in [5.74, 6) is -0.841. The van der Waals surface area contributed by atoms with Gasteiger partial charge in [0.15, 0.2) is 0 Å². The lowest BCUT2D eigenvalue weighted by Gasteiger charge is -2.09. The van der Waals surface area contributed by atoms with Crippen molar-refractivity contribution >= 4 is 23.2 Å². The standard InChI is InChI=1S/C19H19ClF3N5O/c1-10-6-16(19(22)23)26-27(10)9-17(29)24-18-11(2)25-28(12(18)3)8-13-4-5-14(21)7-15(13)20/h4-7,19H,8-9H2,1-3H3,(H,24,29). The maximum Gasteiger partial charge on any atom is 0.282 e. The number of aromatic nitrogens is 4. The summed E-state index contributed by atoms with van der Waals surface area (Å²) in [5, 5.41) is 11.2. The van der Waals surface area contributed by atoms with Gasteiger partial charge in [-0.1, -0.05) is 17.7 Å². The first kappa shape index (κ1) is 20.9. The molecule has 0 atom stereocenters. The summed E-state index contributed by atoms with van der Waals surface area (Å²) < 4.78 is 41.6. The first-order valence-corrected chi connectivity index (χ1v) is 9.13. The normalized spacial score (nSPS) is 11.3. The van der Waals surface area contributed by atoms with E-state index in [0.717, 1.165) is 0 Å². The third kappa shape index (κ3) is 4.61. The fourth-order valence-electron chi connectivity index (χ4n) is 2.96. The second kappa shape index (κ2) is 8.28. The maximum absolute atomic E-state index is 13.2. The van der Waals surface area contributed by atoms with E-state index in [9.17, 15) is 18.0 Å². The molecule has 0 bridgehead atoms. The fourth-order valence-corrected chi connectivity index (χ4v) is 3.19. The smallest absolute Gasteiger partial charge is 0.282 e. The molecule has 2 aromatic heterocycles. The van der Waals surface area contributed by atoms with Crippen molar-refractivity contribution in [1.82, 2.24) is 19.6 Å². The number of halogens is 4. The Labute approximate surface area is 170 Å². The second-order valence-corrected chi connectivity index (χ2v) is 7.06. The Morgan fingerprint density at radius 3 is 2.52 bits per heavy atom. The number of alkyl halides is 2. The molecule has 0 fully saturated rings. The number of benzene rings is 1. The highest BCUT2D eigenvalue weighted by Gasteiger charge is 2.18. The van der Waals surface area contributed by atoms with Crippen LogP contribution in [0.25, 0.3) is 0 Å². The van der Waals surface area contributed by atoms with Crippen molar-refractivity contribution in [2.45, 2.75) is 40.3 Å². The van der Waals surface area contributed by atoms with Gasteiger partial charge >= 0.3 is 0 Å². The summed E-state index contributed by atoms with van der Waals surface area (Å²) in [6, 6.07) is 5.37. The third-order valence-corrected chi connectivity index (χ3v) is 4.85. The summed E-state index contributed by atoms with van der Waals surface area (Å²) in [6.07, 6.45) is -2.70. The lowest BCUT2D eigenvalue weighted by Crippen LogP contribution is -2.21. The topological polar surface area (TPSA) is 64.7 Å². The van der Waals surface area contributed by atoms with Gasteiger partial charge in [0, 0.05) is 10.7 Å². The van der Waals surface area contributed by atoms with Gasteiger partial charge in [-0.25, -0.2) is 13.2 Å². The molecule has 1 N–H and O–H groups in total. The summed E-state index contributed by atoms with van der Waals surface area (Å²) >= 11 is 6.08. The molecule has 10 heteroatoms. The molecule has 0 spiro atoms. The molecule has 29 heavy (non-hydrogen) atoms. The van der Waals surface area contributed by atoms with Crippen LogP contribution in [0.5, 0.6) is 0 Å². The van der Waals surface area contributed by atoms with E-state index in [1.807, 2.05) is 0 Å². The molecule has 0 saturated heterocycles. The van der Waals surface area contributed by atoms with Crippen LogP contribution in [0.1, 0.15) is 34.8 Å².